The molecule has 2 aromatic carbocycles. The minimum Gasteiger partial charge on any atom is -0.496 e. The third-order valence-electron chi connectivity index (χ3n) is 14.1. The molecule has 4 aliphatic carbocycles. The average Bonchev–Trinajstić information content (AvgIpc) is 3.48. The first-order valence-corrected chi connectivity index (χ1v) is 19.7. The lowest BCUT2D eigenvalue weighted by atomic mass is 9.47. The Bertz CT molecular complexity index is 1820. The van der Waals surface area contributed by atoms with Gasteiger partial charge in [-0.2, -0.15) is 0 Å². The van der Waals surface area contributed by atoms with E-state index in [1.165, 1.54) is 63.2 Å². The standard InChI is InChI=1S/C45H58O6/c1-28(2)10-9-11-29(3)37-18-19-38-34-16-14-30-24-32(20-22-44(30,4)39(34)21-23-45(37,38)5)51-42(46)27-49-31-15-17-35-41(25-31)50-26-36(43(35)47)33-12-7-8-13-40(33)48-6/h7-8,12-15,17,25-26,28-29,32,34,37-39H,9-11,16,18-24,27H2,1-6H3/t29-,32+,34-,37+,38-,39-,44+,45-/m1/s1. The molecule has 0 amide bonds. The first-order chi connectivity index (χ1) is 24.5. The fourth-order valence-corrected chi connectivity index (χ4v) is 11.4. The van der Waals surface area contributed by atoms with Crippen molar-refractivity contribution in [2.45, 2.75) is 111 Å². The minimum absolute atomic E-state index is 0.114. The van der Waals surface area contributed by atoms with Gasteiger partial charge >= 0.3 is 5.97 Å². The first-order valence-electron chi connectivity index (χ1n) is 19.7. The first kappa shape index (κ1) is 35.8. The summed E-state index contributed by atoms with van der Waals surface area (Å²) in [5.41, 5.74) is 3.56. The number of methoxy groups -OCH3 is 1. The normalized spacial score (nSPS) is 30.6. The van der Waals surface area contributed by atoms with E-state index in [9.17, 15) is 9.59 Å². The Labute approximate surface area is 304 Å². The average molecular weight is 695 g/mol. The third-order valence-corrected chi connectivity index (χ3v) is 14.1. The summed E-state index contributed by atoms with van der Waals surface area (Å²) in [6.07, 6.45) is 17.6. The molecule has 274 valence electrons. The lowest BCUT2D eigenvalue weighted by Crippen LogP contribution is -2.51. The van der Waals surface area contributed by atoms with Gasteiger partial charge in [-0.05, 0) is 109 Å². The van der Waals surface area contributed by atoms with E-state index in [0.717, 1.165) is 54.8 Å². The smallest absolute Gasteiger partial charge is 0.344 e. The summed E-state index contributed by atoms with van der Waals surface area (Å²) < 4.78 is 23.2. The summed E-state index contributed by atoms with van der Waals surface area (Å²) in [6.45, 7) is 12.3. The van der Waals surface area contributed by atoms with Crippen LogP contribution >= 0.6 is 0 Å². The van der Waals surface area contributed by atoms with Crippen LogP contribution in [0.4, 0.5) is 0 Å². The lowest BCUT2D eigenvalue weighted by molar-refractivity contribution is -0.153. The highest BCUT2D eigenvalue weighted by Gasteiger charge is 2.59. The second-order valence-electron chi connectivity index (χ2n) is 17.3. The second-order valence-corrected chi connectivity index (χ2v) is 17.3. The van der Waals surface area contributed by atoms with Crippen molar-refractivity contribution in [3.63, 3.8) is 0 Å². The largest absolute Gasteiger partial charge is 0.496 e. The Balaban J connectivity index is 0.950. The number of benzene rings is 2. The van der Waals surface area contributed by atoms with E-state index in [1.54, 1.807) is 25.3 Å². The molecule has 0 bridgehead atoms. The zero-order valence-corrected chi connectivity index (χ0v) is 31.7. The topological polar surface area (TPSA) is 75.0 Å². The fraction of sp³-hybridized carbons (Fsp3) is 0.600. The Kier molecular flexibility index (Phi) is 10.2. The minimum atomic E-state index is -0.362. The Morgan fingerprint density at radius 1 is 0.961 bits per heavy atom. The van der Waals surface area contributed by atoms with Crippen LogP contribution in [-0.4, -0.2) is 25.8 Å². The van der Waals surface area contributed by atoms with Crippen molar-refractivity contribution in [3.8, 4) is 22.6 Å². The maximum absolute atomic E-state index is 13.3. The van der Waals surface area contributed by atoms with Crippen molar-refractivity contribution < 1.29 is 23.4 Å². The van der Waals surface area contributed by atoms with Crippen molar-refractivity contribution in [1.82, 2.24) is 0 Å². The highest BCUT2D eigenvalue weighted by atomic mass is 16.6. The molecule has 0 aliphatic heterocycles. The van der Waals surface area contributed by atoms with Crippen molar-refractivity contribution in [3.05, 3.63) is 70.6 Å². The van der Waals surface area contributed by atoms with Crippen LogP contribution in [-0.2, 0) is 9.53 Å². The van der Waals surface area contributed by atoms with Gasteiger partial charge < -0.3 is 18.6 Å². The molecule has 6 heteroatoms. The molecule has 0 spiro atoms. The SMILES string of the molecule is COc1ccccc1-c1coc2cc(OCC(=O)O[C@H]3CC[C@@]4(C)C(=CC[C@@H]5[C@H]6CC[C@@H]([C@H](C)CCCC(C)C)[C@@]6(C)CC[C@H]54)C3)ccc2c1=O. The van der Waals surface area contributed by atoms with Crippen LogP contribution in [0.2, 0.25) is 0 Å². The number of allylic oxidation sites excluding steroid dienone is 1. The molecule has 0 unspecified atom stereocenters. The van der Waals surface area contributed by atoms with Crippen LogP contribution in [0.1, 0.15) is 105 Å². The number of carbonyl (C=O) groups is 1. The molecule has 1 aromatic heterocycles. The summed E-state index contributed by atoms with van der Waals surface area (Å²) >= 11 is 0. The van der Waals surface area contributed by atoms with Crippen LogP contribution in [0.3, 0.4) is 0 Å². The molecule has 4 aliphatic rings. The van der Waals surface area contributed by atoms with E-state index < -0.39 is 0 Å². The highest BCUT2D eigenvalue weighted by molar-refractivity contribution is 5.84. The van der Waals surface area contributed by atoms with Gasteiger partial charge in [-0.15, -0.1) is 0 Å². The molecule has 3 saturated carbocycles. The fourth-order valence-electron chi connectivity index (χ4n) is 11.4. The van der Waals surface area contributed by atoms with Gasteiger partial charge in [0.15, 0.2) is 6.61 Å². The highest BCUT2D eigenvalue weighted by Crippen LogP contribution is 2.67. The summed E-state index contributed by atoms with van der Waals surface area (Å²) in [5, 5.41) is 0.434. The van der Waals surface area contributed by atoms with Crippen molar-refractivity contribution >= 4 is 16.9 Å². The number of rotatable bonds is 11. The number of ether oxygens (including phenoxy) is 3. The zero-order valence-electron chi connectivity index (χ0n) is 31.7. The molecule has 1 heterocycles. The molecule has 7 rings (SSSR count). The number of hydrogen-bond acceptors (Lipinski definition) is 6. The van der Waals surface area contributed by atoms with E-state index in [1.807, 2.05) is 24.3 Å². The number of hydrogen-bond donors (Lipinski definition) is 0. The molecule has 0 saturated heterocycles. The zero-order chi connectivity index (χ0) is 35.9. The van der Waals surface area contributed by atoms with Crippen LogP contribution in [0.25, 0.3) is 22.1 Å². The molecule has 3 aromatic rings. The molecule has 0 N–H and O–H groups in total. The maximum Gasteiger partial charge on any atom is 0.344 e. The summed E-state index contributed by atoms with van der Waals surface area (Å²) in [5.74, 6) is 5.57. The van der Waals surface area contributed by atoms with Crippen LogP contribution in [0, 0.1) is 46.3 Å². The van der Waals surface area contributed by atoms with E-state index in [4.69, 9.17) is 18.6 Å². The predicted molar refractivity (Wildman–Crippen MR) is 203 cm³/mol. The molecular weight excluding hydrogens is 636 g/mol. The monoisotopic (exact) mass is 694 g/mol. The number of carbonyl (C=O) groups excluding carboxylic acids is 1. The predicted octanol–water partition coefficient (Wildman–Crippen LogP) is 10.8. The lowest BCUT2D eigenvalue weighted by Gasteiger charge is -2.58. The van der Waals surface area contributed by atoms with Crippen molar-refractivity contribution in [1.29, 1.82) is 0 Å². The van der Waals surface area contributed by atoms with Gasteiger partial charge in [-0.3, -0.25) is 4.79 Å². The number of fused-ring (bicyclic) bond motifs is 6. The van der Waals surface area contributed by atoms with Gasteiger partial charge in [0.1, 0.15) is 29.4 Å². The molecule has 3 fully saturated rings. The molecule has 0 radical (unpaired) electrons. The van der Waals surface area contributed by atoms with Gasteiger partial charge in [0.25, 0.3) is 0 Å². The summed E-state index contributed by atoms with van der Waals surface area (Å²) in [4.78, 5) is 26.3. The number of para-hydroxylation sites is 1. The summed E-state index contributed by atoms with van der Waals surface area (Å²) in [7, 11) is 1.58. The molecular formula is C45H58O6. The molecule has 51 heavy (non-hydrogen) atoms. The quantitative estimate of drug-likeness (QED) is 0.147. The second kappa shape index (κ2) is 14.5. The van der Waals surface area contributed by atoms with Gasteiger partial charge in [-0.25, -0.2) is 4.79 Å². The van der Waals surface area contributed by atoms with Gasteiger partial charge in [0.2, 0.25) is 5.43 Å². The Morgan fingerprint density at radius 3 is 2.59 bits per heavy atom. The third kappa shape index (κ3) is 6.77. The maximum atomic E-state index is 13.3. The van der Waals surface area contributed by atoms with Gasteiger partial charge in [0.05, 0.1) is 18.1 Å². The van der Waals surface area contributed by atoms with Crippen LogP contribution < -0.4 is 14.9 Å². The van der Waals surface area contributed by atoms with Crippen molar-refractivity contribution in [2.75, 3.05) is 13.7 Å². The van der Waals surface area contributed by atoms with Gasteiger partial charge in [0, 0.05) is 18.1 Å². The molecule has 6 nitrogen and oxygen atoms in total. The summed E-state index contributed by atoms with van der Waals surface area (Å²) in [6, 6.07) is 12.4. The Hall–Kier alpha value is -3.54. The van der Waals surface area contributed by atoms with Crippen LogP contribution in [0.5, 0.6) is 11.5 Å². The van der Waals surface area contributed by atoms with E-state index in [0.29, 0.717) is 39.0 Å². The van der Waals surface area contributed by atoms with Gasteiger partial charge in [-0.1, -0.05) is 83.7 Å². The Morgan fingerprint density at radius 2 is 1.78 bits per heavy atom. The van der Waals surface area contributed by atoms with E-state index in [2.05, 4.69) is 40.7 Å². The van der Waals surface area contributed by atoms with Crippen molar-refractivity contribution in [2.24, 2.45) is 46.3 Å². The molecule has 8 atom stereocenters. The number of esters is 1. The van der Waals surface area contributed by atoms with Crippen LogP contribution in [0.15, 0.2) is 69.6 Å². The van der Waals surface area contributed by atoms with E-state index >= 15 is 0 Å². The van der Waals surface area contributed by atoms with E-state index in [-0.39, 0.29) is 29.5 Å².